The van der Waals surface area contributed by atoms with Crippen LogP contribution < -0.4 is 16.8 Å². The molecular formula is C17H21N3O. The van der Waals surface area contributed by atoms with Crippen molar-refractivity contribution in [2.45, 2.75) is 26.3 Å². The molecule has 2 rings (SSSR count). The van der Waals surface area contributed by atoms with Gasteiger partial charge in [0.15, 0.2) is 0 Å². The molecule has 0 radical (unpaired) electrons. The Kier molecular flexibility index (Phi) is 4.48. The van der Waals surface area contributed by atoms with Crippen LogP contribution in [0.2, 0.25) is 0 Å². The SMILES string of the molecule is Cc1ccccc1CC(C)NC(=O)c1cc(N)cc(N)c1. The highest BCUT2D eigenvalue weighted by molar-refractivity contribution is 5.96. The van der Waals surface area contributed by atoms with Crippen LogP contribution in [-0.2, 0) is 6.42 Å². The van der Waals surface area contributed by atoms with Gasteiger partial charge in [-0.15, -0.1) is 0 Å². The normalized spacial score (nSPS) is 11.9. The number of benzene rings is 2. The number of nitrogen functional groups attached to an aromatic ring is 2. The van der Waals surface area contributed by atoms with Crippen LogP contribution in [0.3, 0.4) is 0 Å². The zero-order valence-electron chi connectivity index (χ0n) is 12.4. The van der Waals surface area contributed by atoms with Gasteiger partial charge in [0.1, 0.15) is 0 Å². The van der Waals surface area contributed by atoms with E-state index in [0.717, 1.165) is 6.42 Å². The molecule has 21 heavy (non-hydrogen) atoms. The first-order valence-corrected chi connectivity index (χ1v) is 6.97. The summed E-state index contributed by atoms with van der Waals surface area (Å²) in [5.41, 5.74) is 15.4. The molecule has 0 heterocycles. The summed E-state index contributed by atoms with van der Waals surface area (Å²) in [6.07, 6.45) is 0.788. The van der Waals surface area contributed by atoms with E-state index in [9.17, 15) is 4.79 Å². The number of amides is 1. The van der Waals surface area contributed by atoms with Crippen molar-refractivity contribution in [2.75, 3.05) is 11.5 Å². The second-order valence-corrected chi connectivity index (χ2v) is 5.39. The fraction of sp³-hybridized carbons (Fsp3) is 0.235. The maximum atomic E-state index is 12.2. The van der Waals surface area contributed by atoms with Crippen molar-refractivity contribution in [3.05, 3.63) is 59.2 Å². The summed E-state index contributed by atoms with van der Waals surface area (Å²) in [5, 5.41) is 2.98. The lowest BCUT2D eigenvalue weighted by Crippen LogP contribution is -2.34. The Bertz CT molecular complexity index is 632. The van der Waals surface area contributed by atoms with E-state index < -0.39 is 0 Å². The van der Waals surface area contributed by atoms with Crippen molar-refractivity contribution in [1.82, 2.24) is 5.32 Å². The highest BCUT2D eigenvalue weighted by Gasteiger charge is 2.12. The van der Waals surface area contributed by atoms with Crippen LogP contribution in [0.5, 0.6) is 0 Å². The number of aryl methyl sites for hydroxylation is 1. The molecule has 0 aliphatic carbocycles. The summed E-state index contributed by atoms with van der Waals surface area (Å²) < 4.78 is 0. The van der Waals surface area contributed by atoms with E-state index in [2.05, 4.69) is 24.4 Å². The Balaban J connectivity index is 2.04. The number of nitrogens with one attached hydrogen (secondary N) is 1. The van der Waals surface area contributed by atoms with Crippen LogP contribution in [0.25, 0.3) is 0 Å². The number of hydrogen-bond acceptors (Lipinski definition) is 3. The van der Waals surface area contributed by atoms with Gasteiger partial charge in [-0.3, -0.25) is 4.79 Å². The Morgan fingerprint density at radius 3 is 2.38 bits per heavy atom. The van der Waals surface area contributed by atoms with Gasteiger partial charge in [0, 0.05) is 23.0 Å². The van der Waals surface area contributed by atoms with E-state index in [4.69, 9.17) is 11.5 Å². The summed E-state index contributed by atoms with van der Waals surface area (Å²) in [6.45, 7) is 4.06. The predicted octanol–water partition coefficient (Wildman–Crippen LogP) is 2.52. The molecule has 5 N–H and O–H groups in total. The quantitative estimate of drug-likeness (QED) is 0.754. The van der Waals surface area contributed by atoms with Gasteiger partial charge >= 0.3 is 0 Å². The minimum absolute atomic E-state index is 0.0289. The minimum atomic E-state index is -0.157. The van der Waals surface area contributed by atoms with Crippen LogP contribution in [-0.4, -0.2) is 11.9 Å². The Morgan fingerprint density at radius 2 is 1.76 bits per heavy atom. The zero-order chi connectivity index (χ0) is 15.4. The smallest absolute Gasteiger partial charge is 0.251 e. The second kappa shape index (κ2) is 6.31. The van der Waals surface area contributed by atoms with Crippen molar-refractivity contribution >= 4 is 17.3 Å². The number of anilines is 2. The molecule has 2 aromatic rings. The highest BCUT2D eigenvalue weighted by atomic mass is 16.1. The number of carbonyl (C=O) groups is 1. The summed E-state index contributed by atoms with van der Waals surface area (Å²) in [7, 11) is 0. The molecular weight excluding hydrogens is 262 g/mol. The van der Waals surface area contributed by atoms with Gasteiger partial charge in [0.25, 0.3) is 5.91 Å². The van der Waals surface area contributed by atoms with Crippen molar-refractivity contribution in [3.8, 4) is 0 Å². The molecule has 1 atom stereocenters. The zero-order valence-corrected chi connectivity index (χ0v) is 12.4. The first-order chi connectivity index (χ1) is 9.95. The number of hydrogen-bond donors (Lipinski definition) is 3. The van der Waals surface area contributed by atoms with Crippen LogP contribution in [0, 0.1) is 6.92 Å². The van der Waals surface area contributed by atoms with E-state index in [1.54, 1.807) is 18.2 Å². The Hall–Kier alpha value is -2.49. The molecule has 0 spiro atoms. The van der Waals surface area contributed by atoms with Gasteiger partial charge < -0.3 is 16.8 Å². The minimum Gasteiger partial charge on any atom is -0.399 e. The lowest BCUT2D eigenvalue weighted by molar-refractivity contribution is 0.0940. The molecule has 1 amide bonds. The van der Waals surface area contributed by atoms with Gasteiger partial charge in [-0.25, -0.2) is 0 Å². The van der Waals surface area contributed by atoms with E-state index in [0.29, 0.717) is 16.9 Å². The van der Waals surface area contributed by atoms with Gasteiger partial charge in [0.2, 0.25) is 0 Å². The van der Waals surface area contributed by atoms with Crippen molar-refractivity contribution < 1.29 is 4.79 Å². The maximum absolute atomic E-state index is 12.2. The number of carbonyl (C=O) groups excluding carboxylic acids is 1. The van der Waals surface area contributed by atoms with Gasteiger partial charge in [0.05, 0.1) is 0 Å². The first-order valence-electron chi connectivity index (χ1n) is 6.97. The third-order valence-corrected chi connectivity index (χ3v) is 3.40. The molecule has 0 saturated carbocycles. The average molecular weight is 283 g/mol. The molecule has 2 aromatic carbocycles. The third-order valence-electron chi connectivity index (χ3n) is 3.40. The maximum Gasteiger partial charge on any atom is 0.251 e. The summed E-state index contributed by atoms with van der Waals surface area (Å²) in [4.78, 5) is 12.2. The Morgan fingerprint density at radius 1 is 1.14 bits per heavy atom. The number of rotatable bonds is 4. The van der Waals surface area contributed by atoms with E-state index >= 15 is 0 Å². The molecule has 1 unspecified atom stereocenters. The highest BCUT2D eigenvalue weighted by Crippen LogP contribution is 2.14. The van der Waals surface area contributed by atoms with E-state index in [1.165, 1.54) is 11.1 Å². The second-order valence-electron chi connectivity index (χ2n) is 5.39. The Labute approximate surface area is 125 Å². The fourth-order valence-electron chi connectivity index (χ4n) is 2.33. The summed E-state index contributed by atoms with van der Waals surface area (Å²) in [6, 6.07) is 13.1. The van der Waals surface area contributed by atoms with Crippen LogP contribution in [0.1, 0.15) is 28.4 Å². The van der Waals surface area contributed by atoms with Crippen LogP contribution in [0.4, 0.5) is 11.4 Å². The first kappa shape index (κ1) is 14.9. The topological polar surface area (TPSA) is 81.1 Å². The molecule has 110 valence electrons. The van der Waals surface area contributed by atoms with Crippen LogP contribution in [0.15, 0.2) is 42.5 Å². The lowest BCUT2D eigenvalue weighted by atomic mass is 10.0. The van der Waals surface area contributed by atoms with Gasteiger partial charge in [-0.1, -0.05) is 24.3 Å². The predicted molar refractivity (Wildman–Crippen MR) is 87.1 cm³/mol. The van der Waals surface area contributed by atoms with Gasteiger partial charge in [-0.2, -0.15) is 0 Å². The molecule has 4 heteroatoms. The average Bonchev–Trinajstić information content (AvgIpc) is 2.40. The molecule has 4 nitrogen and oxygen atoms in total. The molecule has 0 aliphatic heterocycles. The third kappa shape index (κ3) is 3.99. The van der Waals surface area contributed by atoms with E-state index in [1.807, 2.05) is 19.1 Å². The number of nitrogens with two attached hydrogens (primary N) is 2. The fourth-order valence-corrected chi connectivity index (χ4v) is 2.33. The van der Waals surface area contributed by atoms with E-state index in [-0.39, 0.29) is 11.9 Å². The molecule has 0 aliphatic rings. The molecule has 0 aromatic heterocycles. The monoisotopic (exact) mass is 283 g/mol. The summed E-state index contributed by atoms with van der Waals surface area (Å²) in [5.74, 6) is -0.157. The lowest BCUT2D eigenvalue weighted by Gasteiger charge is -2.16. The van der Waals surface area contributed by atoms with Crippen LogP contribution >= 0.6 is 0 Å². The van der Waals surface area contributed by atoms with Crippen molar-refractivity contribution in [2.24, 2.45) is 0 Å². The van der Waals surface area contributed by atoms with Crippen molar-refractivity contribution in [1.29, 1.82) is 0 Å². The van der Waals surface area contributed by atoms with Crippen molar-refractivity contribution in [3.63, 3.8) is 0 Å². The standard InChI is InChI=1S/C17H21N3O/c1-11-5-3-4-6-13(11)7-12(2)20-17(21)14-8-15(18)10-16(19)9-14/h3-6,8-10,12H,7,18-19H2,1-2H3,(H,20,21). The molecule has 0 bridgehead atoms. The van der Waals surface area contributed by atoms with Gasteiger partial charge in [-0.05, 0) is 49.6 Å². The summed E-state index contributed by atoms with van der Waals surface area (Å²) >= 11 is 0. The largest absolute Gasteiger partial charge is 0.399 e. The molecule has 0 fully saturated rings. The molecule has 0 saturated heterocycles.